The number of nitrogens with one attached hydrogen (secondary N) is 2. The molecule has 16 atom stereocenters. The Morgan fingerprint density at radius 3 is 2.29 bits per heavy atom. The van der Waals surface area contributed by atoms with Crippen LogP contribution < -0.4 is 27.0 Å². The van der Waals surface area contributed by atoms with Crippen LogP contribution in [-0.4, -0.2) is 303 Å². The van der Waals surface area contributed by atoms with Crippen LogP contribution in [0.4, 0.5) is 17.8 Å². The number of hydrogen-bond donors (Lipinski definition) is 8. The number of carbonyl (C=O) groups is 7. The molecule has 4 aromatic heterocycles. The summed E-state index contributed by atoms with van der Waals surface area (Å²) >= 11 is 0. The number of piperazine rings is 1. The number of nitrogen functional groups attached to an aromatic ring is 2. The highest BCUT2D eigenvalue weighted by Crippen LogP contribution is 2.40. The van der Waals surface area contributed by atoms with Crippen molar-refractivity contribution in [2.75, 3.05) is 137 Å². The number of likely N-dealkylation sites (N-methyl/N-ethyl adjacent to an activating group) is 1. The summed E-state index contributed by atoms with van der Waals surface area (Å²) in [6.45, 7) is 17.2. The predicted octanol–water partition coefficient (Wildman–Crippen LogP) is 6.75. The van der Waals surface area contributed by atoms with Gasteiger partial charge in [-0.2, -0.15) is 10.1 Å². The number of Topliss-reactive ketones (excluding diaryl/α,β-unsaturated/α-hetero) is 1. The molecule has 1 aliphatic carbocycles. The quantitative estimate of drug-likeness (QED) is 0.00827. The number of rotatable bonds is 28. The van der Waals surface area contributed by atoms with Gasteiger partial charge in [0.1, 0.15) is 47.7 Å². The molecule has 2 aromatic carbocycles. The van der Waals surface area contributed by atoms with E-state index in [4.69, 9.17) is 59.0 Å². The van der Waals surface area contributed by atoms with Crippen molar-refractivity contribution in [3.63, 3.8) is 0 Å². The lowest BCUT2D eigenvalue weighted by Gasteiger charge is -2.43. The highest BCUT2D eigenvalue weighted by molar-refractivity contribution is 6.39. The zero-order valence-corrected chi connectivity index (χ0v) is 78.5. The number of nitrogens with two attached hydrogens (primary N) is 2. The molecule has 3 saturated heterocycles. The first kappa shape index (κ1) is 101. The van der Waals surface area contributed by atoms with Crippen LogP contribution in [0.15, 0.2) is 112 Å². The molecule has 4 fully saturated rings. The molecule has 1 saturated carbocycles. The van der Waals surface area contributed by atoms with Crippen molar-refractivity contribution in [2.24, 2.45) is 40.7 Å². The number of allylic oxidation sites excluding steroid dienone is 5. The number of aliphatic hydroxyl groups is 4. The van der Waals surface area contributed by atoms with Gasteiger partial charge in [0.2, 0.25) is 29.5 Å². The fourth-order valence-corrected chi connectivity index (χ4v) is 18.7. The van der Waals surface area contributed by atoms with Crippen LogP contribution in [-0.2, 0) is 97.6 Å². The number of ether oxygens (including phenoxy) is 7. The van der Waals surface area contributed by atoms with Crippen molar-refractivity contribution >= 4 is 86.9 Å². The highest BCUT2D eigenvalue weighted by Gasteiger charge is 2.53. The molecule has 133 heavy (non-hydrogen) atoms. The zero-order chi connectivity index (χ0) is 95.2. The lowest BCUT2D eigenvalue weighted by Crippen LogP contribution is -2.61. The molecule has 9 heterocycles. The van der Waals surface area contributed by atoms with Gasteiger partial charge in [0.15, 0.2) is 17.8 Å². The van der Waals surface area contributed by atoms with Gasteiger partial charge in [0.25, 0.3) is 23.6 Å². The van der Waals surface area contributed by atoms with E-state index in [1.807, 2.05) is 90.8 Å². The van der Waals surface area contributed by atoms with Crippen LogP contribution in [0.25, 0.3) is 33.4 Å². The first-order valence-electron chi connectivity index (χ1n) is 46.6. The number of benzene rings is 2. The number of piperidine rings is 1. The standard InChI is InChI=1S/C96H135N17O20/c1-58-17-13-12-14-18-59(2)77(125-9)47-71-25-20-64(7)96(124,133-71)89(121)92(122)112-31-16-15-19-73(112)93(123)131-78(61(4)43-65-22-26-74(114)79(45-65)126-10)48-75(115)60(3)42-63(6)87(120)88(127-11)85(62(5)41-58)107-130-56-81(117)100-49-67-50-101-95(102-51-67)110-35-33-109(34-36-110)83(119)55-108(8)54-80(116)99-30-38-129-40-39-128-37-29-82(118)111-32-28-68-44-66(21-23-70(68)53-111)52-113-91-84(90(97)103-57-104-91)86(106-113)69-24-27-76-72(46-69)105-94(98)132-76/h12-14,17-18,21,23-24,27,42,44,46,50-51,57-58,60-62,64-65,71,73-75,77-79,87-88,114-115,120,124H,15-16,19-20,22,25-26,28-41,43,45,47-49,52-56H2,1-11H3,(H2,98,105)(H,99,116)(H,100,117)(H2,97,103,104)/b14-12?,17-13+,59-18?,63-42+,107-85?/t58-,60-,61-,62-,64-,65+,71+,73+,74-,75-,77+,78+,79-,87-,88+,96-/m1/s1. The zero-order valence-electron chi connectivity index (χ0n) is 78.5. The molecule has 37 nitrogen and oxygen atoms in total. The number of nitrogens with zero attached hydrogens (tertiary/aromatic N) is 13. The third-order valence-electron chi connectivity index (χ3n) is 26.6. The molecule has 12 rings (SSSR count). The number of hydrogen-bond acceptors (Lipinski definition) is 31. The number of cyclic esters (lactones) is 1. The molecule has 0 unspecified atom stereocenters. The van der Waals surface area contributed by atoms with Gasteiger partial charge in [0, 0.05) is 134 Å². The summed E-state index contributed by atoms with van der Waals surface area (Å²) in [7, 11) is 6.29. The molecule has 5 aliphatic heterocycles. The first-order chi connectivity index (χ1) is 63.9. The van der Waals surface area contributed by atoms with Gasteiger partial charge in [-0.1, -0.05) is 94.4 Å². The van der Waals surface area contributed by atoms with Crippen molar-refractivity contribution in [1.82, 2.24) is 64.9 Å². The number of anilines is 3. The second-order valence-electron chi connectivity index (χ2n) is 36.6. The van der Waals surface area contributed by atoms with E-state index in [1.165, 1.54) is 18.3 Å². The number of oxazole rings is 1. The van der Waals surface area contributed by atoms with Crippen molar-refractivity contribution in [3.05, 3.63) is 125 Å². The molecule has 6 aromatic rings. The van der Waals surface area contributed by atoms with E-state index in [1.54, 1.807) is 76.4 Å². The first-order valence-corrected chi connectivity index (χ1v) is 46.6. The van der Waals surface area contributed by atoms with Crippen molar-refractivity contribution in [3.8, 4) is 11.3 Å². The van der Waals surface area contributed by atoms with Crippen molar-refractivity contribution in [2.45, 2.75) is 219 Å². The largest absolute Gasteiger partial charge is 0.460 e. The normalized spacial score (nSPS) is 27.2. The Hall–Kier alpha value is -10.6. The molecule has 10 N–H and O–H groups in total. The number of carbonyl (C=O) groups excluding carboxylic acids is 7. The Kier molecular flexibility index (Phi) is 36.6. The number of methoxy groups -OCH3 is 3. The van der Waals surface area contributed by atoms with E-state index in [2.05, 4.69) is 52.8 Å². The summed E-state index contributed by atoms with van der Waals surface area (Å²) in [5, 5.41) is 63.2. The van der Waals surface area contributed by atoms with Crippen LogP contribution in [0.5, 0.6) is 0 Å². The fourth-order valence-electron chi connectivity index (χ4n) is 18.7. The van der Waals surface area contributed by atoms with Gasteiger partial charge >= 0.3 is 5.97 Å². The molecule has 724 valence electrons. The van der Waals surface area contributed by atoms with Crippen LogP contribution in [0.1, 0.15) is 154 Å². The minimum Gasteiger partial charge on any atom is -0.460 e. The van der Waals surface area contributed by atoms with Gasteiger partial charge in [-0.25, -0.2) is 29.4 Å². The van der Waals surface area contributed by atoms with Gasteiger partial charge < -0.3 is 105 Å². The monoisotopic (exact) mass is 1850 g/mol. The van der Waals surface area contributed by atoms with E-state index < -0.39 is 102 Å². The summed E-state index contributed by atoms with van der Waals surface area (Å²) in [5.74, 6) is -7.65. The minimum atomic E-state index is -2.47. The average molecular weight is 1850 g/mol. The average Bonchev–Trinajstić information content (AvgIpc) is 1.16. The van der Waals surface area contributed by atoms with Crippen molar-refractivity contribution in [1.29, 1.82) is 0 Å². The van der Waals surface area contributed by atoms with Gasteiger partial charge in [-0.3, -0.25) is 33.7 Å². The topological polar surface area (TPSA) is 474 Å². The summed E-state index contributed by atoms with van der Waals surface area (Å²) in [6, 6.07) is 10.7. The Morgan fingerprint density at radius 1 is 0.752 bits per heavy atom. The molecule has 37 heteroatoms. The van der Waals surface area contributed by atoms with E-state index in [0.717, 1.165) is 27.8 Å². The number of aromatic nitrogens is 7. The van der Waals surface area contributed by atoms with E-state index in [0.29, 0.717) is 166 Å². The molecule has 6 aliphatic rings. The van der Waals surface area contributed by atoms with Gasteiger partial charge in [-0.05, 0) is 155 Å². The third-order valence-corrected chi connectivity index (χ3v) is 26.6. The molecular formula is C96H135N17O20. The van der Waals surface area contributed by atoms with Crippen LogP contribution in [0.3, 0.4) is 0 Å². The van der Waals surface area contributed by atoms with Crippen LogP contribution in [0.2, 0.25) is 0 Å². The van der Waals surface area contributed by atoms with Crippen LogP contribution in [0, 0.1) is 35.5 Å². The maximum absolute atomic E-state index is 14.8. The smallest absolute Gasteiger partial charge is 0.329 e. The van der Waals surface area contributed by atoms with Gasteiger partial charge in [0.05, 0.1) is 94.1 Å². The highest BCUT2D eigenvalue weighted by atomic mass is 16.6. The third kappa shape index (κ3) is 27.0. The Bertz CT molecular complexity index is 5110. The number of fused-ring (bicyclic) bond motifs is 6. The number of amides is 5. The number of ketones is 1. The number of oxime groups is 1. The second-order valence-corrected chi connectivity index (χ2v) is 36.6. The summed E-state index contributed by atoms with van der Waals surface area (Å²) in [5.41, 5.74) is 20.8. The molecule has 0 radical (unpaired) electrons. The maximum atomic E-state index is 14.8. The fraction of sp³-hybridized carbons (Fsp3) is 0.604. The van der Waals surface area contributed by atoms with E-state index >= 15 is 0 Å². The molecular weight excluding hydrogens is 1710 g/mol. The Labute approximate surface area is 776 Å². The van der Waals surface area contributed by atoms with E-state index in [-0.39, 0.29) is 132 Å². The molecule has 2 bridgehead atoms. The molecule has 5 amide bonds. The maximum Gasteiger partial charge on any atom is 0.329 e. The lowest BCUT2D eigenvalue weighted by molar-refractivity contribution is -0.265. The Morgan fingerprint density at radius 2 is 1.53 bits per heavy atom. The second kappa shape index (κ2) is 48.1. The summed E-state index contributed by atoms with van der Waals surface area (Å²) < 4.78 is 49.1. The number of aliphatic hydroxyl groups excluding tert-OH is 3. The number of esters is 1. The van der Waals surface area contributed by atoms with Crippen LogP contribution >= 0.6 is 0 Å². The van der Waals surface area contributed by atoms with E-state index in [9.17, 15) is 54.0 Å². The minimum absolute atomic E-state index is 0.000635. The van der Waals surface area contributed by atoms with Gasteiger partial charge in [-0.15, -0.1) is 0 Å². The summed E-state index contributed by atoms with van der Waals surface area (Å²) in [4.78, 5) is 133. The molecule has 0 spiro atoms. The Balaban J connectivity index is 0.573. The SMILES string of the molecule is CO[C@H]1C[C@@H]2CC[C@@H](C)[C@@](O)(O2)C(=O)C(=O)N2CCCC[C@H]2C(=O)O[C@H]([C@H](C)C[C@@H]2CC[C@@H](O)[C@H](OC)C2)C[C@@H](O)[C@H](C)/C=C(\C)[C@@H](O)[C@@H](OC)C(=NOCC(=O)NCc2cnc(N3CCN(C(=O)CN(C)CC(=O)NCCOCCOCCC(=O)N4CCc5cc(Cn6nc(-c7ccc8oc(N)nc8c7)c7c(N)ncnc76)ccc5C4)CC3)nc2)[C@H](C)C[C@H](C)/C=C/C=CC=C1C. The van der Waals surface area contributed by atoms with Crippen molar-refractivity contribution < 1.29 is 96.4 Å². The predicted molar refractivity (Wildman–Crippen MR) is 496 cm³/mol. The lowest BCUT2D eigenvalue weighted by atomic mass is 9.78. The summed E-state index contributed by atoms with van der Waals surface area (Å²) in [6.07, 6.45) is 15.5.